The molecule has 2 aromatic rings. The number of aryl methyl sites for hydroxylation is 3. The highest BCUT2D eigenvalue weighted by molar-refractivity contribution is 5.33. The summed E-state index contributed by atoms with van der Waals surface area (Å²) in [5.41, 5.74) is 9.58. The van der Waals surface area contributed by atoms with E-state index < -0.39 is 0 Å². The van der Waals surface area contributed by atoms with E-state index in [0.717, 1.165) is 12.8 Å². The fraction of sp³-hybridized carbons (Fsp3) is 0.368. The van der Waals surface area contributed by atoms with Crippen LogP contribution >= 0.6 is 0 Å². The Morgan fingerprint density at radius 1 is 1.05 bits per heavy atom. The number of hydrogen-bond donors (Lipinski definition) is 2. The highest BCUT2D eigenvalue weighted by Gasteiger charge is 2.12. The van der Waals surface area contributed by atoms with Gasteiger partial charge in [-0.1, -0.05) is 61.4 Å². The number of benzene rings is 2. The predicted molar refractivity (Wildman–Crippen MR) is 90.1 cm³/mol. The SMILES string of the molecule is CCCc1ccc(C(Cc2cc(C)ccc2C)NN)cc1. The van der Waals surface area contributed by atoms with Crippen molar-refractivity contribution < 1.29 is 0 Å². The molecule has 0 spiro atoms. The van der Waals surface area contributed by atoms with E-state index in [-0.39, 0.29) is 6.04 Å². The van der Waals surface area contributed by atoms with Gasteiger partial charge in [0.15, 0.2) is 0 Å². The summed E-state index contributed by atoms with van der Waals surface area (Å²) < 4.78 is 0. The lowest BCUT2D eigenvalue weighted by Gasteiger charge is -2.18. The molecule has 0 radical (unpaired) electrons. The summed E-state index contributed by atoms with van der Waals surface area (Å²) in [5, 5.41) is 0. The van der Waals surface area contributed by atoms with Gasteiger partial charge in [0.25, 0.3) is 0 Å². The van der Waals surface area contributed by atoms with Crippen molar-refractivity contribution in [2.24, 2.45) is 5.84 Å². The van der Waals surface area contributed by atoms with Gasteiger partial charge in [0.1, 0.15) is 0 Å². The van der Waals surface area contributed by atoms with E-state index in [9.17, 15) is 0 Å². The van der Waals surface area contributed by atoms with Gasteiger partial charge in [-0.15, -0.1) is 0 Å². The Hall–Kier alpha value is -1.64. The maximum Gasteiger partial charge on any atom is 0.0500 e. The molecule has 1 atom stereocenters. The van der Waals surface area contributed by atoms with Crippen molar-refractivity contribution in [1.82, 2.24) is 5.43 Å². The van der Waals surface area contributed by atoms with Crippen molar-refractivity contribution in [3.63, 3.8) is 0 Å². The quantitative estimate of drug-likeness (QED) is 0.621. The molecule has 0 aliphatic carbocycles. The second kappa shape index (κ2) is 7.39. The number of hydrazine groups is 1. The van der Waals surface area contributed by atoms with Crippen molar-refractivity contribution in [3.05, 3.63) is 70.3 Å². The smallest absolute Gasteiger partial charge is 0.0500 e. The molecule has 0 aliphatic heterocycles. The van der Waals surface area contributed by atoms with E-state index in [0.29, 0.717) is 0 Å². The largest absolute Gasteiger partial charge is 0.271 e. The lowest BCUT2D eigenvalue weighted by Crippen LogP contribution is -2.29. The van der Waals surface area contributed by atoms with Crippen LogP contribution in [0.3, 0.4) is 0 Å². The van der Waals surface area contributed by atoms with Crippen molar-refractivity contribution in [3.8, 4) is 0 Å². The average molecular weight is 282 g/mol. The zero-order valence-electron chi connectivity index (χ0n) is 13.3. The summed E-state index contributed by atoms with van der Waals surface area (Å²) in [4.78, 5) is 0. The normalized spacial score (nSPS) is 12.4. The summed E-state index contributed by atoms with van der Waals surface area (Å²) in [6, 6.07) is 15.6. The van der Waals surface area contributed by atoms with E-state index in [4.69, 9.17) is 5.84 Å². The van der Waals surface area contributed by atoms with Crippen molar-refractivity contribution in [2.45, 2.75) is 46.1 Å². The molecule has 2 heteroatoms. The van der Waals surface area contributed by atoms with Crippen LogP contribution in [0.1, 0.15) is 47.2 Å². The highest BCUT2D eigenvalue weighted by atomic mass is 15.2. The van der Waals surface area contributed by atoms with Crippen LogP contribution in [0.4, 0.5) is 0 Å². The molecule has 0 amide bonds. The fourth-order valence-corrected chi connectivity index (χ4v) is 2.72. The molecule has 0 aromatic heterocycles. The van der Waals surface area contributed by atoms with E-state index >= 15 is 0 Å². The van der Waals surface area contributed by atoms with Crippen molar-refractivity contribution in [2.75, 3.05) is 0 Å². The summed E-state index contributed by atoms with van der Waals surface area (Å²) in [5.74, 6) is 5.79. The van der Waals surface area contributed by atoms with E-state index in [2.05, 4.69) is 68.7 Å². The number of hydrogen-bond acceptors (Lipinski definition) is 2. The Kier molecular flexibility index (Phi) is 5.54. The Balaban J connectivity index is 2.17. The molecule has 0 aliphatic rings. The molecule has 2 nitrogen and oxygen atoms in total. The third-order valence-electron chi connectivity index (χ3n) is 4.05. The minimum absolute atomic E-state index is 0.154. The van der Waals surface area contributed by atoms with Gasteiger partial charge < -0.3 is 0 Å². The first-order valence-electron chi connectivity index (χ1n) is 7.75. The molecule has 0 fully saturated rings. The van der Waals surface area contributed by atoms with Crippen LogP contribution in [0.5, 0.6) is 0 Å². The summed E-state index contributed by atoms with van der Waals surface area (Å²) in [6.07, 6.45) is 3.23. The van der Waals surface area contributed by atoms with Gasteiger partial charge in [-0.25, -0.2) is 0 Å². The predicted octanol–water partition coefficient (Wildman–Crippen LogP) is 4.00. The maximum atomic E-state index is 5.79. The Morgan fingerprint density at radius 3 is 2.38 bits per heavy atom. The van der Waals surface area contributed by atoms with Gasteiger partial charge in [0.05, 0.1) is 0 Å². The van der Waals surface area contributed by atoms with Gasteiger partial charge in [0.2, 0.25) is 0 Å². The molecular weight excluding hydrogens is 256 g/mol. The van der Waals surface area contributed by atoms with Crippen LogP contribution < -0.4 is 11.3 Å². The Labute approximate surface area is 128 Å². The number of rotatable bonds is 6. The molecule has 1 unspecified atom stereocenters. The van der Waals surface area contributed by atoms with Crippen LogP contribution in [-0.4, -0.2) is 0 Å². The molecule has 0 saturated heterocycles. The minimum Gasteiger partial charge on any atom is -0.271 e. The lowest BCUT2D eigenvalue weighted by molar-refractivity contribution is 0.550. The number of nitrogens with one attached hydrogen (secondary N) is 1. The number of nitrogens with two attached hydrogens (primary N) is 1. The van der Waals surface area contributed by atoms with Crippen LogP contribution in [0.25, 0.3) is 0 Å². The van der Waals surface area contributed by atoms with Gasteiger partial charge in [-0.3, -0.25) is 11.3 Å². The maximum absolute atomic E-state index is 5.79. The monoisotopic (exact) mass is 282 g/mol. The fourth-order valence-electron chi connectivity index (χ4n) is 2.72. The van der Waals surface area contributed by atoms with Crippen molar-refractivity contribution >= 4 is 0 Å². The highest BCUT2D eigenvalue weighted by Crippen LogP contribution is 2.21. The summed E-state index contributed by atoms with van der Waals surface area (Å²) >= 11 is 0. The van der Waals surface area contributed by atoms with Crippen LogP contribution in [0.15, 0.2) is 42.5 Å². The van der Waals surface area contributed by atoms with Crippen molar-refractivity contribution in [1.29, 1.82) is 0 Å². The topological polar surface area (TPSA) is 38.0 Å². The molecule has 2 rings (SSSR count). The second-order valence-electron chi connectivity index (χ2n) is 5.84. The molecule has 0 heterocycles. The first-order chi connectivity index (χ1) is 10.1. The summed E-state index contributed by atoms with van der Waals surface area (Å²) in [6.45, 7) is 6.50. The standard InChI is InChI=1S/C19H26N2/c1-4-5-16-8-10-17(11-9-16)19(21-20)13-18-12-14(2)6-7-15(18)3/h6-12,19,21H,4-5,13,20H2,1-3H3. The third-order valence-corrected chi connectivity index (χ3v) is 4.05. The molecule has 0 saturated carbocycles. The van der Waals surface area contributed by atoms with Gasteiger partial charge in [-0.05, 0) is 48.9 Å². The van der Waals surface area contributed by atoms with E-state index in [1.54, 1.807) is 0 Å². The average Bonchev–Trinajstić information content (AvgIpc) is 2.49. The zero-order valence-corrected chi connectivity index (χ0v) is 13.3. The van der Waals surface area contributed by atoms with Crippen LogP contribution in [0, 0.1) is 13.8 Å². The summed E-state index contributed by atoms with van der Waals surface area (Å²) in [7, 11) is 0. The molecule has 21 heavy (non-hydrogen) atoms. The van der Waals surface area contributed by atoms with Crippen LogP contribution in [-0.2, 0) is 12.8 Å². The lowest BCUT2D eigenvalue weighted by atomic mass is 9.94. The van der Waals surface area contributed by atoms with E-state index in [1.165, 1.54) is 34.2 Å². The Bertz CT molecular complexity index is 573. The van der Waals surface area contributed by atoms with Gasteiger partial charge >= 0.3 is 0 Å². The molecular formula is C19H26N2. The van der Waals surface area contributed by atoms with E-state index in [1.807, 2.05) is 0 Å². The van der Waals surface area contributed by atoms with Crippen LogP contribution in [0.2, 0.25) is 0 Å². The molecule has 0 bridgehead atoms. The first kappa shape index (κ1) is 15.7. The molecule has 3 N–H and O–H groups in total. The minimum atomic E-state index is 0.154. The van der Waals surface area contributed by atoms with Gasteiger partial charge in [-0.2, -0.15) is 0 Å². The second-order valence-corrected chi connectivity index (χ2v) is 5.84. The third kappa shape index (κ3) is 4.16. The van der Waals surface area contributed by atoms with Gasteiger partial charge in [0, 0.05) is 6.04 Å². The molecule has 112 valence electrons. The zero-order chi connectivity index (χ0) is 15.2. The molecule has 2 aromatic carbocycles. The first-order valence-corrected chi connectivity index (χ1v) is 7.75. The Morgan fingerprint density at radius 2 is 1.76 bits per heavy atom.